The molecule has 0 N–H and O–H groups in total. The molecule has 3 aromatic rings. The Morgan fingerprint density at radius 2 is 1.88 bits per heavy atom. The lowest BCUT2D eigenvalue weighted by Gasteiger charge is -2.44. The zero-order valence-corrected chi connectivity index (χ0v) is 19.0. The van der Waals surface area contributed by atoms with Crippen LogP contribution < -0.4 is 0 Å². The maximum atomic E-state index is 13.8. The van der Waals surface area contributed by atoms with Crippen LogP contribution in [0.15, 0.2) is 36.5 Å². The predicted molar refractivity (Wildman–Crippen MR) is 120 cm³/mol. The lowest BCUT2D eigenvalue weighted by Crippen LogP contribution is -2.49. The smallest absolute Gasteiger partial charge is 0.433 e. The number of fused-ring (bicyclic) bond motifs is 2. The molecule has 34 heavy (non-hydrogen) atoms. The zero-order chi connectivity index (χ0) is 23.9. The van der Waals surface area contributed by atoms with Gasteiger partial charge >= 0.3 is 12.1 Å². The van der Waals surface area contributed by atoms with E-state index < -0.39 is 17.8 Å². The van der Waals surface area contributed by atoms with Gasteiger partial charge in [-0.15, -0.1) is 0 Å². The van der Waals surface area contributed by atoms with E-state index in [1.165, 1.54) is 12.8 Å². The van der Waals surface area contributed by atoms with Crippen LogP contribution in [0.4, 0.5) is 13.2 Å². The number of ether oxygens (including phenoxy) is 1. The fourth-order valence-electron chi connectivity index (χ4n) is 5.21. The third kappa shape index (κ3) is 4.41. The molecule has 2 aromatic heterocycles. The Kier molecular flexibility index (Phi) is 6.06. The molecule has 0 saturated carbocycles. The molecule has 0 aliphatic carbocycles. The molecule has 0 amide bonds. The molecule has 1 aromatic carbocycles. The van der Waals surface area contributed by atoms with Crippen LogP contribution in [0.5, 0.6) is 0 Å². The monoisotopic (exact) mass is 472 g/mol. The van der Waals surface area contributed by atoms with Gasteiger partial charge in [0.25, 0.3) is 0 Å². The highest BCUT2D eigenvalue weighted by Crippen LogP contribution is 2.34. The van der Waals surface area contributed by atoms with Crippen LogP contribution >= 0.6 is 0 Å². The van der Waals surface area contributed by atoms with E-state index in [2.05, 4.69) is 15.0 Å². The van der Waals surface area contributed by atoms with Crippen molar-refractivity contribution in [3.05, 3.63) is 53.3 Å². The maximum absolute atomic E-state index is 13.8. The van der Waals surface area contributed by atoms with Crippen LogP contribution in [0.3, 0.4) is 0 Å². The topological polar surface area (TPSA) is 59.7 Å². The van der Waals surface area contributed by atoms with E-state index in [-0.39, 0.29) is 29.4 Å². The molecular weight excluding hydrogens is 445 g/mol. The van der Waals surface area contributed by atoms with Gasteiger partial charge in [0.15, 0.2) is 11.3 Å². The molecule has 0 spiro atoms. The lowest BCUT2D eigenvalue weighted by molar-refractivity contribution is -0.142. The summed E-state index contributed by atoms with van der Waals surface area (Å²) in [4.78, 5) is 19.8. The molecule has 0 radical (unpaired) electrons. The third-order valence-electron chi connectivity index (χ3n) is 6.99. The lowest BCUT2D eigenvalue weighted by atomic mass is 9.84. The maximum Gasteiger partial charge on any atom is 0.433 e. The van der Waals surface area contributed by atoms with Crippen molar-refractivity contribution in [2.75, 3.05) is 19.7 Å². The van der Waals surface area contributed by atoms with Gasteiger partial charge in [0.1, 0.15) is 5.56 Å². The molecule has 2 saturated heterocycles. The predicted octanol–water partition coefficient (Wildman–Crippen LogP) is 5.14. The third-order valence-corrected chi connectivity index (χ3v) is 6.99. The molecule has 9 heteroatoms. The van der Waals surface area contributed by atoms with E-state index in [4.69, 9.17) is 4.74 Å². The van der Waals surface area contributed by atoms with Crippen LogP contribution in [0, 0.1) is 12.8 Å². The minimum Gasteiger partial charge on any atom is -0.462 e. The van der Waals surface area contributed by atoms with Gasteiger partial charge in [0.05, 0.1) is 18.5 Å². The molecule has 2 atom stereocenters. The highest BCUT2D eigenvalue weighted by molar-refractivity contribution is 5.96. The summed E-state index contributed by atoms with van der Waals surface area (Å²) in [6.07, 6.45) is 1.96. The van der Waals surface area contributed by atoms with Gasteiger partial charge in [0.2, 0.25) is 0 Å². The minimum atomic E-state index is -4.67. The number of esters is 1. The van der Waals surface area contributed by atoms with E-state index >= 15 is 0 Å². The number of benzene rings is 1. The molecule has 6 nitrogen and oxygen atoms in total. The van der Waals surface area contributed by atoms with Gasteiger partial charge in [0, 0.05) is 17.5 Å². The van der Waals surface area contributed by atoms with Crippen molar-refractivity contribution in [1.82, 2.24) is 19.5 Å². The van der Waals surface area contributed by atoms with Gasteiger partial charge < -0.3 is 4.74 Å². The van der Waals surface area contributed by atoms with Crippen LogP contribution in [-0.4, -0.2) is 51.2 Å². The first-order valence-electron chi connectivity index (χ1n) is 11.8. The average molecular weight is 473 g/mol. The summed E-state index contributed by atoms with van der Waals surface area (Å²) in [5.74, 6) is -0.453. The summed E-state index contributed by atoms with van der Waals surface area (Å²) in [5, 5.41) is 3.84. The Morgan fingerprint density at radius 3 is 2.65 bits per heavy atom. The molecule has 4 heterocycles. The zero-order valence-electron chi connectivity index (χ0n) is 19.0. The van der Waals surface area contributed by atoms with Crippen molar-refractivity contribution in [3.8, 4) is 11.3 Å². The first-order valence-corrected chi connectivity index (χ1v) is 11.8. The van der Waals surface area contributed by atoms with Crippen molar-refractivity contribution in [3.63, 3.8) is 0 Å². The Balaban J connectivity index is 1.44. The van der Waals surface area contributed by atoms with Crippen molar-refractivity contribution in [1.29, 1.82) is 0 Å². The first kappa shape index (κ1) is 22.8. The van der Waals surface area contributed by atoms with E-state index in [1.807, 2.05) is 6.92 Å². The van der Waals surface area contributed by atoms with E-state index in [0.29, 0.717) is 16.1 Å². The summed E-state index contributed by atoms with van der Waals surface area (Å²) >= 11 is 0. The minimum absolute atomic E-state index is 0.0595. The summed E-state index contributed by atoms with van der Waals surface area (Å²) in [6, 6.07) is 8.39. The molecule has 0 bridgehead atoms. The van der Waals surface area contributed by atoms with Gasteiger partial charge in [-0.3, -0.25) is 4.90 Å². The number of aryl methyl sites for hydroxylation is 1. The second-order valence-corrected chi connectivity index (χ2v) is 9.28. The number of hydrogen-bond acceptors (Lipinski definition) is 5. The first-order chi connectivity index (χ1) is 16.3. The number of halogens is 3. The van der Waals surface area contributed by atoms with Crippen molar-refractivity contribution < 1.29 is 22.7 Å². The quantitative estimate of drug-likeness (QED) is 0.492. The standard InChI is InChI=1S/C25H27F3N4O2/c1-16-7-9-17(10-8-16)20-13-22(25(26,27)28)32-23(30-20)19(14-29-32)24(33)34-15-18-5-4-12-31-11-3-2-6-21(18)31/h7-10,13-14,18,21H,2-6,11-12,15H2,1H3/t18-,21-/m0/s1. The number of nitrogens with zero attached hydrogens (tertiary/aromatic N) is 4. The molecule has 0 unspecified atom stereocenters. The SMILES string of the molecule is Cc1ccc(-c2cc(C(F)(F)F)n3ncc(C(=O)OC[C@@H]4CCCN5CCCC[C@@H]45)c3n2)cc1. The Labute approximate surface area is 195 Å². The van der Waals surface area contributed by atoms with Gasteiger partial charge in [-0.1, -0.05) is 36.2 Å². The molecular formula is C25H27F3N4O2. The summed E-state index contributed by atoms with van der Waals surface area (Å²) in [6.45, 7) is 4.30. The van der Waals surface area contributed by atoms with Crippen molar-refractivity contribution >= 4 is 11.6 Å². The number of alkyl halides is 3. The average Bonchev–Trinajstić information content (AvgIpc) is 3.26. The van der Waals surface area contributed by atoms with E-state index in [1.54, 1.807) is 24.3 Å². The van der Waals surface area contributed by atoms with Crippen LogP contribution in [-0.2, 0) is 10.9 Å². The molecule has 5 rings (SSSR count). The Hall–Kier alpha value is -2.94. The van der Waals surface area contributed by atoms with Crippen molar-refractivity contribution in [2.45, 2.75) is 51.2 Å². The summed E-state index contributed by atoms with van der Waals surface area (Å²) < 4.78 is 47.8. The van der Waals surface area contributed by atoms with Crippen LogP contribution in [0.2, 0.25) is 0 Å². The number of rotatable bonds is 4. The summed E-state index contributed by atoms with van der Waals surface area (Å²) in [5.41, 5.74) is 0.429. The highest BCUT2D eigenvalue weighted by atomic mass is 19.4. The van der Waals surface area contributed by atoms with E-state index in [9.17, 15) is 18.0 Å². The largest absolute Gasteiger partial charge is 0.462 e. The Bertz CT molecular complexity index is 1190. The van der Waals surface area contributed by atoms with Crippen molar-refractivity contribution in [2.24, 2.45) is 5.92 Å². The van der Waals surface area contributed by atoms with Gasteiger partial charge in [-0.05, 0) is 51.8 Å². The second kappa shape index (κ2) is 9.02. The fourth-order valence-corrected chi connectivity index (χ4v) is 5.21. The number of hydrogen-bond donors (Lipinski definition) is 0. The van der Waals surface area contributed by atoms with Crippen LogP contribution in [0.25, 0.3) is 16.9 Å². The second-order valence-electron chi connectivity index (χ2n) is 9.28. The van der Waals surface area contributed by atoms with E-state index in [0.717, 1.165) is 50.2 Å². The molecule has 180 valence electrons. The van der Waals surface area contributed by atoms with Crippen LogP contribution in [0.1, 0.15) is 53.7 Å². The number of carbonyl (C=O) groups is 1. The normalized spacial score (nSPS) is 21.4. The van der Waals surface area contributed by atoms with Gasteiger partial charge in [-0.2, -0.15) is 18.3 Å². The number of aromatic nitrogens is 3. The molecule has 2 fully saturated rings. The highest BCUT2D eigenvalue weighted by Gasteiger charge is 2.37. The van der Waals surface area contributed by atoms with Gasteiger partial charge in [-0.25, -0.2) is 14.3 Å². The Morgan fingerprint density at radius 1 is 1.12 bits per heavy atom. The fraction of sp³-hybridized carbons (Fsp3) is 0.480. The summed E-state index contributed by atoms with van der Waals surface area (Å²) in [7, 11) is 0. The number of carbonyl (C=O) groups excluding carboxylic acids is 1. The molecule has 2 aliphatic rings. The number of piperidine rings is 2. The molecule has 2 aliphatic heterocycles.